The summed E-state index contributed by atoms with van der Waals surface area (Å²) in [5.74, 6) is 0. The Hall–Kier alpha value is -1.59. The average molecular weight is 349 g/mol. The van der Waals surface area contributed by atoms with Crippen LogP contribution in [0.2, 0.25) is 0 Å². The summed E-state index contributed by atoms with van der Waals surface area (Å²) in [5.41, 5.74) is 2.13. The van der Waals surface area contributed by atoms with Crippen molar-refractivity contribution >= 4 is 6.09 Å². The largest absolute Gasteiger partial charge is 0.443 e. The number of hydrogen-bond acceptors (Lipinski definition) is 4. The van der Waals surface area contributed by atoms with Crippen LogP contribution in [0.3, 0.4) is 0 Å². The van der Waals surface area contributed by atoms with E-state index in [-0.39, 0.29) is 31.1 Å². The number of carbonyl (C=O) groups is 1. The van der Waals surface area contributed by atoms with Gasteiger partial charge in [-0.2, -0.15) is 0 Å². The van der Waals surface area contributed by atoms with Crippen molar-refractivity contribution in [3.8, 4) is 0 Å². The molecule has 25 heavy (non-hydrogen) atoms. The van der Waals surface area contributed by atoms with E-state index in [1.165, 1.54) is 19.3 Å². The van der Waals surface area contributed by atoms with E-state index in [9.17, 15) is 4.79 Å². The Bertz CT molecular complexity index is 528. The predicted octanol–water partition coefficient (Wildman–Crippen LogP) is 4.49. The van der Waals surface area contributed by atoms with Crippen molar-refractivity contribution in [1.82, 2.24) is 5.32 Å². The first kappa shape index (κ1) is 19.7. The normalized spacial score (nSPS) is 17.7. The molecule has 1 amide bonds. The molecule has 5 heteroatoms. The van der Waals surface area contributed by atoms with E-state index in [2.05, 4.69) is 5.32 Å². The molecule has 1 aliphatic rings. The van der Waals surface area contributed by atoms with E-state index in [4.69, 9.17) is 14.2 Å². The molecule has 0 spiro atoms. The summed E-state index contributed by atoms with van der Waals surface area (Å²) in [6.45, 7) is 4.19. The van der Waals surface area contributed by atoms with Crippen molar-refractivity contribution in [3.63, 3.8) is 0 Å². The minimum Gasteiger partial charge on any atom is -0.443 e. The molecule has 0 radical (unpaired) electrons. The molecule has 1 fully saturated rings. The molecule has 1 aliphatic carbocycles. The number of amides is 1. The van der Waals surface area contributed by atoms with Gasteiger partial charge in [-0.15, -0.1) is 0 Å². The molecule has 140 valence electrons. The first-order chi connectivity index (χ1) is 12.2. The van der Waals surface area contributed by atoms with Gasteiger partial charge >= 0.3 is 6.09 Å². The van der Waals surface area contributed by atoms with Gasteiger partial charge in [0.15, 0.2) is 0 Å². The van der Waals surface area contributed by atoms with E-state index < -0.39 is 0 Å². The van der Waals surface area contributed by atoms with Crippen molar-refractivity contribution in [3.05, 3.63) is 35.4 Å². The summed E-state index contributed by atoms with van der Waals surface area (Å²) < 4.78 is 16.7. The third-order valence-corrected chi connectivity index (χ3v) is 4.79. The lowest BCUT2D eigenvalue weighted by Gasteiger charge is -2.29. The first-order valence-corrected chi connectivity index (χ1v) is 9.29. The van der Waals surface area contributed by atoms with Crippen LogP contribution in [0.1, 0.15) is 62.7 Å². The number of nitrogens with one attached hydrogen (secondary N) is 1. The van der Waals surface area contributed by atoms with Gasteiger partial charge in [0.2, 0.25) is 0 Å². The molecular formula is C20H31NO4. The molecule has 2 rings (SSSR count). The molecule has 0 saturated heterocycles. The highest BCUT2D eigenvalue weighted by Gasteiger charge is 2.28. The zero-order chi connectivity index (χ0) is 18.1. The fourth-order valence-electron chi connectivity index (χ4n) is 3.39. The number of aryl methyl sites for hydroxylation is 1. The van der Waals surface area contributed by atoms with Crippen molar-refractivity contribution in [2.75, 3.05) is 13.9 Å². The average Bonchev–Trinajstić information content (AvgIpc) is 2.63. The molecule has 1 saturated carbocycles. The Morgan fingerprint density at radius 2 is 1.96 bits per heavy atom. The quantitative estimate of drug-likeness (QED) is 0.702. The molecule has 2 unspecified atom stereocenters. The van der Waals surface area contributed by atoms with Crippen LogP contribution in [0.4, 0.5) is 4.79 Å². The van der Waals surface area contributed by atoms with Crippen LogP contribution >= 0.6 is 0 Å². The lowest BCUT2D eigenvalue weighted by molar-refractivity contribution is -0.117. The van der Waals surface area contributed by atoms with Gasteiger partial charge < -0.3 is 19.5 Å². The fourth-order valence-corrected chi connectivity index (χ4v) is 3.39. The van der Waals surface area contributed by atoms with Gasteiger partial charge in [0.05, 0.1) is 0 Å². The predicted molar refractivity (Wildman–Crippen MR) is 97.4 cm³/mol. The Labute approximate surface area is 151 Å². The van der Waals surface area contributed by atoms with E-state index in [1.807, 2.05) is 38.1 Å². The number of hydrogen-bond donors (Lipinski definition) is 1. The molecular weight excluding hydrogens is 318 g/mol. The Balaban J connectivity index is 2.04. The molecule has 0 bridgehead atoms. The lowest BCUT2D eigenvalue weighted by atomic mass is 9.96. The fraction of sp³-hybridized carbons (Fsp3) is 0.650. The molecule has 0 aromatic heterocycles. The molecule has 2 atom stereocenters. The number of benzene rings is 1. The molecule has 1 aromatic rings. The zero-order valence-corrected chi connectivity index (χ0v) is 15.6. The Morgan fingerprint density at radius 1 is 1.24 bits per heavy atom. The minimum absolute atomic E-state index is 0.156. The lowest BCUT2D eigenvalue weighted by Crippen LogP contribution is -2.39. The highest BCUT2D eigenvalue weighted by Crippen LogP contribution is 2.28. The number of carbonyl (C=O) groups excluding carboxylic acids is 1. The maximum atomic E-state index is 12.4. The maximum absolute atomic E-state index is 12.4. The second kappa shape index (κ2) is 10.4. The van der Waals surface area contributed by atoms with Crippen LogP contribution in [-0.4, -0.2) is 32.1 Å². The second-order valence-electron chi connectivity index (χ2n) is 6.68. The van der Waals surface area contributed by atoms with Crippen molar-refractivity contribution in [2.45, 2.75) is 70.6 Å². The highest BCUT2D eigenvalue weighted by atomic mass is 16.7. The summed E-state index contributed by atoms with van der Waals surface area (Å²) in [5, 5.41) is 3.01. The van der Waals surface area contributed by atoms with E-state index in [0.29, 0.717) is 6.42 Å². The first-order valence-electron chi connectivity index (χ1n) is 9.29. The monoisotopic (exact) mass is 349 g/mol. The van der Waals surface area contributed by atoms with Crippen LogP contribution in [0.15, 0.2) is 24.3 Å². The van der Waals surface area contributed by atoms with Gasteiger partial charge in [0.25, 0.3) is 0 Å². The molecule has 1 N–H and O–H groups in total. The number of methoxy groups -OCH3 is 1. The highest BCUT2D eigenvalue weighted by molar-refractivity contribution is 5.67. The minimum atomic E-state index is -0.361. The van der Waals surface area contributed by atoms with Crippen LogP contribution in [-0.2, 0) is 14.2 Å². The smallest absolute Gasteiger partial charge is 0.407 e. The summed E-state index contributed by atoms with van der Waals surface area (Å²) in [7, 11) is 1.59. The Morgan fingerprint density at radius 3 is 2.60 bits per heavy atom. The number of rotatable bonds is 8. The summed E-state index contributed by atoms with van der Waals surface area (Å²) in [4.78, 5) is 12.4. The molecule has 0 heterocycles. The van der Waals surface area contributed by atoms with E-state index >= 15 is 0 Å². The second-order valence-corrected chi connectivity index (χ2v) is 6.68. The number of ether oxygens (including phenoxy) is 3. The Kier molecular flexibility index (Phi) is 8.22. The van der Waals surface area contributed by atoms with Gasteiger partial charge in [-0.3, -0.25) is 0 Å². The van der Waals surface area contributed by atoms with Gasteiger partial charge in [-0.25, -0.2) is 4.79 Å². The van der Waals surface area contributed by atoms with Crippen molar-refractivity contribution in [2.24, 2.45) is 0 Å². The molecule has 5 nitrogen and oxygen atoms in total. The van der Waals surface area contributed by atoms with Gasteiger partial charge in [-0.05, 0) is 37.3 Å². The van der Waals surface area contributed by atoms with E-state index in [1.54, 1.807) is 7.11 Å². The van der Waals surface area contributed by atoms with Gasteiger partial charge in [0.1, 0.15) is 19.0 Å². The number of alkyl carbamates (subject to hydrolysis) is 1. The maximum Gasteiger partial charge on any atom is 0.407 e. The standard InChI is InChI=1S/C20H31NO4/c1-4-18(25-20(22)21-16-11-6-5-7-12-16)19(24-14-23-3)17-13-9-8-10-15(17)2/h8-10,13,16,18-19H,4-7,11-12,14H2,1-3H3,(H,21,22). The van der Waals surface area contributed by atoms with Crippen LogP contribution in [0.5, 0.6) is 0 Å². The third kappa shape index (κ3) is 6.01. The van der Waals surface area contributed by atoms with Gasteiger partial charge in [0, 0.05) is 13.2 Å². The zero-order valence-electron chi connectivity index (χ0n) is 15.6. The van der Waals surface area contributed by atoms with Crippen LogP contribution in [0.25, 0.3) is 0 Å². The van der Waals surface area contributed by atoms with Crippen LogP contribution < -0.4 is 5.32 Å². The third-order valence-electron chi connectivity index (χ3n) is 4.79. The molecule has 0 aliphatic heterocycles. The van der Waals surface area contributed by atoms with E-state index in [0.717, 1.165) is 24.0 Å². The molecule has 1 aromatic carbocycles. The summed E-state index contributed by atoms with van der Waals surface area (Å²) in [6, 6.07) is 8.24. The summed E-state index contributed by atoms with van der Waals surface area (Å²) >= 11 is 0. The van der Waals surface area contributed by atoms with Crippen LogP contribution in [0, 0.1) is 6.92 Å². The van der Waals surface area contributed by atoms with Gasteiger partial charge in [-0.1, -0.05) is 50.5 Å². The summed E-state index contributed by atoms with van der Waals surface area (Å²) in [6.07, 6.45) is 5.28. The SMILES string of the molecule is CCC(OC(=O)NC1CCCCC1)C(OCOC)c1ccccc1C. The topological polar surface area (TPSA) is 56.8 Å². The van der Waals surface area contributed by atoms with Crippen molar-refractivity contribution in [1.29, 1.82) is 0 Å². The van der Waals surface area contributed by atoms with Crippen molar-refractivity contribution < 1.29 is 19.0 Å².